The molecule has 0 amide bonds. The monoisotopic (exact) mass is 169 g/mol. The first-order chi connectivity index (χ1) is 5.75. The molecule has 0 radical (unpaired) electrons. The lowest BCUT2D eigenvalue weighted by Gasteiger charge is -2.30. The number of hydrogen-bond acceptors (Lipinski definition) is 3. The van der Waals surface area contributed by atoms with Gasteiger partial charge in [0.25, 0.3) is 0 Å². The van der Waals surface area contributed by atoms with Crippen molar-refractivity contribution in [1.82, 2.24) is 4.90 Å². The van der Waals surface area contributed by atoms with E-state index in [2.05, 4.69) is 5.92 Å². The molecule has 1 aliphatic heterocycles. The second-order valence-electron chi connectivity index (χ2n) is 2.60. The lowest BCUT2D eigenvalue weighted by molar-refractivity contribution is -0.148. The van der Waals surface area contributed by atoms with Gasteiger partial charge in [0.1, 0.15) is 6.04 Å². The van der Waals surface area contributed by atoms with Crippen molar-refractivity contribution in [2.75, 3.05) is 26.3 Å². The first kappa shape index (κ1) is 9.04. The standard InChI is InChI=1S/C8H11NO3/c1-2-3-9-4-5-12-6-7(9)8(10)11/h1,7H,3-6H2,(H,10,11). The van der Waals surface area contributed by atoms with E-state index in [0.717, 1.165) is 0 Å². The molecule has 4 heteroatoms. The summed E-state index contributed by atoms with van der Waals surface area (Å²) in [4.78, 5) is 12.4. The smallest absolute Gasteiger partial charge is 0.323 e. The van der Waals surface area contributed by atoms with Gasteiger partial charge in [-0.05, 0) is 0 Å². The van der Waals surface area contributed by atoms with Crippen molar-refractivity contribution >= 4 is 5.97 Å². The van der Waals surface area contributed by atoms with Crippen LogP contribution in [0.15, 0.2) is 0 Å². The van der Waals surface area contributed by atoms with Crippen molar-refractivity contribution in [1.29, 1.82) is 0 Å². The summed E-state index contributed by atoms with van der Waals surface area (Å²) in [5, 5.41) is 8.75. The lowest BCUT2D eigenvalue weighted by Crippen LogP contribution is -2.49. The maximum Gasteiger partial charge on any atom is 0.323 e. The Bertz CT molecular complexity index is 209. The van der Waals surface area contributed by atoms with Gasteiger partial charge in [0.2, 0.25) is 0 Å². The molecule has 0 saturated carbocycles. The zero-order valence-electron chi connectivity index (χ0n) is 6.69. The van der Waals surface area contributed by atoms with Crippen molar-refractivity contribution in [3.63, 3.8) is 0 Å². The van der Waals surface area contributed by atoms with Crippen molar-refractivity contribution in [2.45, 2.75) is 6.04 Å². The Morgan fingerprint density at radius 3 is 3.17 bits per heavy atom. The number of aliphatic carboxylic acids is 1. The molecule has 1 saturated heterocycles. The van der Waals surface area contributed by atoms with Gasteiger partial charge in [-0.3, -0.25) is 9.69 Å². The molecule has 0 aromatic carbocycles. The van der Waals surface area contributed by atoms with Crippen molar-refractivity contribution in [3.8, 4) is 12.3 Å². The molecule has 0 bridgehead atoms. The number of nitrogens with zero attached hydrogens (tertiary/aromatic N) is 1. The van der Waals surface area contributed by atoms with Crippen LogP contribution < -0.4 is 0 Å². The maximum absolute atomic E-state index is 10.6. The van der Waals surface area contributed by atoms with Crippen LogP contribution in [0.25, 0.3) is 0 Å². The Kier molecular flexibility index (Phi) is 3.09. The fraction of sp³-hybridized carbons (Fsp3) is 0.625. The Labute approximate surface area is 71.1 Å². The van der Waals surface area contributed by atoms with Crippen LogP contribution in [0.1, 0.15) is 0 Å². The van der Waals surface area contributed by atoms with E-state index in [9.17, 15) is 4.79 Å². The first-order valence-electron chi connectivity index (χ1n) is 3.73. The van der Waals surface area contributed by atoms with Crippen molar-refractivity contribution in [3.05, 3.63) is 0 Å². The minimum atomic E-state index is -0.870. The minimum absolute atomic E-state index is 0.233. The Hall–Kier alpha value is -1.05. The summed E-state index contributed by atoms with van der Waals surface area (Å²) in [6.45, 7) is 1.77. The summed E-state index contributed by atoms with van der Waals surface area (Å²) < 4.78 is 5.03. The summed E-state index contributed by atoms with van der Waals surface area (Å²) in [5.41, 5.74) is 0. The molecule has 0 aromatic rings. The van der Waals surface area contributed by atoms with E-state index < -0.39 is 12.0 Å². The number of carboxylic acids is 1. The van der Waals surface area contributed by atoms with Gasteiger partial charge >= 0.3 is 5.97 Å². The highest BCUT2D eigenvalue weighted by Crippen LogP contribution is 2.05. The molecule has 12 heavy (non-hydrogen) atoms. The third-order valence-corrected chi connectivity index (χ3v) is 1.82. The van der Waals surface area contributed by atoms with E-state index in [1.807, 2.05) is 0 Å². The molecule has 1 fully saturated rings. The summed E-state index contributed by atoms with van der Waals surface area (Å²) in [7, 11) is 0. The molecule has 1 heterocycles. The molecule has 0 aromatic heterocycles. The highest BCUT2D eigenvalue weighted by Gasteiger charge is 2.28. The SMILES string of the molecule is C#CCN1CCOCC1C(=O)O. The van der Waals surface area contributed by atoms with Crippen LogP contribution in [-0.2, 0) is 9.53 Å². The third kappa shape index (κ3) is 1.97. The summed E-state index contributed by atoms with van der Waals surface area (Å²) in [6, 6.07) is -0.574. The minimum Gasteiger partial charge on any atom is -0.480 e. The van der Waals surface area contributed by atoms with Crippen LogP contribution in [-0.4, -0.2) is 48.3 Å². The predicted octanol–water partition coefficient (Wildman–Crippen LogP) is -0.595. The number of rotatable bonds is 2. The van der Waals surface area contributed by atoms with Crippen LogP contribution in [0.5, 0.6) is 0 Å². The molecule has 1 aliphatic rings. The van der Waals surface area contributed by atoms with Gasteiger partial charge in [0.05, 0.1) is 19.8 Å². The molecule has 0 aliphatic carbocycles. The topological polar surface area (TPSA) is 49.8 Å². The van der Waals surface area contributed by atoms with Gasteiger partial charge in [0, 0.05) is 6.54 Å². The van der Waals surface area contributed by atoms with Crippen LogP contribution in [0.4, 0.5) is 0 Å². The average Bonchev–Trinajstić information content (AvgIpc) is 2.05. The van der Waals surface area contributed by atoms with Gasteiger partial charge < -0.3 is 9.84 Å². The Morgan fingerprint density at radius 2 is 2.58 bits per heavy atom. The molecule has 1 unspecified atom stereocenters. The molecular weight excluding hydrogens is 158 g/mol. The number of morpholine rings is 1. The van der Waals surface area contributed by atoms with Gasteiger partial charge in [-0.2, -0.15) is 0 Å². The van der Waals surface area contributed by atoms with Crippen LogP contribution in [0.3, 0.4) is 0 Å². The number of hydrogen-bond donors (Lipinski definition) is 1. The lowest BCUT2D eigenvalue weighted by atomic mass is 10.2. The maximum atomic E-state index is 10.6. The number of carboxylic acid groups (broad SMARTS) is 1. The third-order valence-electron chi connectivity index (χ3n) is 1.82. The van der Waals surface area contributed by atoms with Crippen molar-refractivity contribution in [2.24, 2.45) is 0 Å². The summed E-state index contributed by atoms with van der Waals surface area (Å²) >= 11 is 0. The van der Waals surface area contributed by atoms with Gasteiger partial charge in [-0.1, -0.05) is 5.92 Å². The predicted molar refractivity (Wildman–Crippen MR) is 42.6 cm³/mol. The van der Waals surface area contributed by atoms with E-state index in [1.54, 1.807) is 4.90 Å². The Balaban J connectivity index is 2.55. The largest absolute Gasteiger partial charge is 0.480 e. The zero-order valence-corrected chi connectivity index (χ0v) is 6.69. The van der Waals surface area contributed by atoms with E-state index in [4.69, 9.17) is 16.3 Å². The zero-order chi connectivity index (χ0) is 8.97. The second-order valence-corrected chi connectivity index (χ2v) is 2.60. The molecule has 0 spiro atoms. The number of terminal acetylenes is 1. The molecular formula is C8H11NO3. The highest BCUT2D eigenvalue weighted by atomic mass is 16.5. The van der Waals surface area contributed by atoms with Crippen LogP contribution in [0.2, 0.25) is 0 Å². The van der Waals surface area contributed by atoms with Crippen molar-refractivity contribution < 1.29 is 14.6 Å². The van der Waals surface area contributed by atoms with Gasteiger partial charge in [-0.15, -0.1) is 6.42 Å². The fourth-order valence-corrected chi connectivity index (χ4v) is 1.17. The van der Waals surface area contributed by atoms with Crippen LogP contribution >= 0.6 is 0 Å². The quantitative estimate of drug-likeness (QED) is 0.561. The second kappa shape index (κ2) is 4.10. The summed E-state index contributed by atoms with van der Waals surface area (Å²) in [6.07, 6.45) is 5.10. The van der Waals surface area contributed by atoms with Gasteiger partial charge in [0.15, 0.2) is 0 Å². The van der Waals surface area contributed by atoms with E-state index >= 15 is 0 Å². The summed E-state index contributed by atoms with van der Waals surface area (Å²) in [5.74, 6) is 1.56. The van der Waals surface area contributed by atoms with E-state index in [1.165, 1.54) is 0 Å². The number of carbonyl (C=O) groups is 1. The molecule has 4 nitrogen and oxygen atoms in total. The molecule has 1 atom stereocenters. The normalized spacial score (nSPS) is 24.8. The highest BCUT2D eigenvalue weighted by molar-refractivity contribution is 5.73. The van der Waals surface area contributed by atoms with E-state index in [-0.39, 0.29) is 6.61 Å². The number of ether oxygens (including phenoxy) is 1. The first-order valence-corrected chi connectivity index (χ1v) is 3.73. The van der Waals surface area contributed by atoms with E-state index in [0.29, 0.717) is 19.7 Å². The van der Waals surface area contributed by atoms with Gasteiger partial charge in [-0.25, -0.2) is 0 Å². The molecule has 1 rings (SSSR count). The Morgan fingerprint density at radius 1 is 1.83 bits per heavy atom. The molecule has 66 valence electrons. The molecule has 1 N–H and O–H groups in total. The van der Waals surface area contributed by atoms with Crippen LogP contribution in [0, 0.1) is 12.3 Å². The fourth-order valence-electron chi connectivity index (χ4n) is 1.17. The average molecular weight is 169 g/mol.